The summed E-state index contributed by atoms with van der Waals surface area (Å²) >= 11 is 0. The number of aryl methyl sites for hydroxylation is 1. The highest BCUT2D eigenvalue weighted by Gasteiger charge is 2.12. The van der Waals surface area contributed by atoms with Crippen molar-refractivity contribution in [2.75, 3.05) is 18.5 Å². The first-order valence-corrected chi connectivity index (χ1v) is 8.38. The number of nitrogens with zero attached hydrogens (tertiary/aromatic N) is 1. The third-order valence-electron chi connectivity index (χ3n) is 3.67. The number of ether oxygens (including phenoxy) is 2. The van der Waals surface area contributed by atoms with Crippen molar-refractivity contribution >= 4 is 17.3 Å². The molecule has 0 spiro atoms. The summed E-state index contributed by atoms with van der Waals surface area (Å²) in [5.41, 5.74) is 1.97. The van der Waals surface area contributed by atoms with Gasteiger partial charge in [0.15, 0.2) is 11.5 Å². The highest BCUT2D eigenvalue weighted by molar-refractivity contribution is 5.93. The molecule has 0 radical (unpaired) electrons. The number of nitrogens with one attached hydrogen (secondary N) is 1. The van der Waals surface area contributed by atoms with E-state index in [-0.39, 0.29) is 18.0 Å². The molecule has 2 aromatic rings. The zero-order chi connectivity index (χ0) is 19.1. The first-order valence-electron chi connectivity index (χ1n) is 8.38. The number of carbonyl (C=O) groups excluding carboxylic acids is 1. The molecule has 0 aliphatic rings. The molecule has 7 heteroatoms. The summed E-state index contributed by atoms with van der Waals surface area (Å²) in [5.74, 6) is 1.03. The molecule has 7 nitrogen and oxygen atoms in total. The summed E-state index contributed by atoms with van der Waals surface area (Å²) in [6.45, 7) is 6.51. The maximum atomic E-state index is 12.3. The first kappa shape index (κ1) is 19.2. The van der Waals surface area contributed by atoms with Gasteiger partial charge in [0.05, 0.1) is 24.6 Å². The average molecular weight is 358 g/mol. The van der Waals surface area contributed by atoms with Crippen LogP contribution in [0.3, 0.4) is 0 Å². The van der Waals surface area contributed by atoms with Crippen LogP contribution in [0.2, 0.25) is 0 Å². The van der Waals surface area contributed by atoms with Crippen molar-refractivity contribution < 1.29 is 19.2 Å². The van der Waals surface area contributed by atoms with Gasteiger partial charge >= 0.3 is 0 Å². The fourth-order valence-corrected chi connectivity index (χ4v) is 2.49. The number of amides is 1. The van der Waals surface area contributed by atoms with E-state index in [9.17, 15) is 14.9 Å². The largest absolute Gasteiger partial charge is 0.490 e. The van der Waals surface area contributed by atoms with Gasteiger partial charge in [-0.25, -0.2) is 0 Å². The van der Waals surface area contributed by atoms with Crippen LogP contribution in [0.5, 0.6) is 11.5 Å². The Labute approximate surface area is 152 Å². The fourth-order valence-electron chi connectivity index (χ4n) is 2.49. The van der Waals surface area contributed by atoms with Crippen molar-refractivity contribution in [3.63, 3.8) is 0 Å². The van der Waals surface area contributed by atoms with Crippen LogP contribution < -0.4 is 14.8 Å². The number of nitro benzene ring substituents is 1. The zero-order valence-electron chi connectivity index (χ0n) is 15.1. The Morgan fingerprint density at radius 1 is 1.08 bits per heavy atom. The molecule has 0 saturated heterocycles. The van der Waals surface area contributed by atoms with Crippen LogP contribution in [-0.4, -0.2) is 24.0 Å². The van der Waals surface area contributed by atoms with E-state index in [1.54, 1.807) is 19.1 Å². The molecular formula is C19H22N2O5. The topological polar surface area (TPSA) is 90.7 Å². The van der Waals surface area contributed by atoms with E-state index in [4.69, 9.17) is 9.47 Å². The Bertz CT molecular complexity index is 805. The van der Waals surface area contributed by atoms with Crippen LogP contribution in [-0.2, 0) is 11.2 Å². The van der Waals surface area contributed by atoms with E-state index in [2.05, 4.69) is 5.32 Å². The number of hydrogen-bond donors (Lipinski definition) is 1. The van der Waals surface area contributed by atoms with E-state index in [1.165, 1.54) is 18.2 Å². The van der Waals surface area contributed by atoms with Gasteiger partial charge in [-0.05, 0) is 50.1 Å². The number of nitro groups is 1. The number of rotatable bonds is 8. The smallest absolute Gasteiger partial charge is 0.269 e. The second-order valence-corrected chi connectivity index (χ2v) is 5.63. The van der Waals surface area contributed by atoms with Crippen LogP contribution in [0.4, 0.5) is 11.4 Å². The van der Waals surface area contributed by atoms with Gasteiger partial charge in [0.2, 0.25) is 5.91 Å². The molecule has 138 valence electrons. The SMILES string of the molecule is CCOc1ccc(CC(=O)Nc2ccc([N+](=O)[O-])cc2C)cc1OCC. The lowest BCUT2D eigenvalue weighted by Crippen LogP contribution is -2.15. The first-order chi connectivity index (χ1) is 12.4. The highest BCUT2D eigenvalue weighted by Crippen LogP contribution is 2.29. The molecular weight excluding hydrogens is 336 g/mol. The molecule has 0 fully saturated rings. The van der Waals surface area contributed by atoms with Gasteiger partial charge in [-0.2, -0.15) is 0 Å². The Kier molecular flexibility index (Phi) is 6.54. The second kappa shape index (κ2) is 8.84. The lowest BCUT2D eigenvalue weighted by atomic mass is 10.1. The lowest BCUT2D eigenvalue weighted by molar-refractivity contribution is -0.384. The summed E-state index contributed by atoms with van der Waals surface area (Å²) in [6.07, 6.45) is 0.156. The Morgan fingerprint density at radius 2 is 1.77 bits per heavy atom. The summed E-state index contributed by atoms with van der Waals surface area (Å²) in [5, 5.41) is 13.6. The number of benzene rings is 2. The van der Waals surface area contributed by atoms with Gasteiger partial charge in [-0.1, -0.05) is 6.07 Å². The van der Waals surface area contributed by atoms with Crippen LogP contribution in [0.25, 0.3) is 0 Å². The number of anilines is 1. The predicted octanol–water partition coefficient (Wildman–Crippen LogP) is 3.88. The molecule has 0 saturated carbocycles. The third kappa shape index (κ3) is 4.95. The predicted molar refractivity (Wildman–Crippen MR) is 98.9 cm³/mol. The van der Waals surface area contributed by atoms with Gasteiger partial charge in [-0.15, -0.1) is 0 Å². The van der Waals surface area contributed by atoms with Crippen molar-refractivity contribution in [3.05, 3.63) is 57.6 Å². The third-order valence-corrected chi connectivity index (χ3v) is 3.67. The van der Waals surface area contributed by atoms with Crippen molar-refractivity contribution in [2.24, 2.45) is 0 Å². The summed E-state index contributed by atoms with van der Waals surface area (Å²) < 4.78 is 11.1. The normalized spacial score (nSPS) is 10.3. The van der Waals surface area contributed by atoms with Crippen molar-refractivity contribution in [3.8, 4) is 11.5 Å². The molecule has 0 aromatic heterocycles. The molecule has 0 aliphatic carbocycles. The number of carbonyl (C=O) groups is 1. The zero-order valence-corrected chi connectivity index (χ0v) is 15.1. The molecule has 2 rings (SSSR count). The van der Waals surface area contributed by atoms with E-state index >= 15 is 0 Å². The van der Waals surface area contributed by atoms with Crippen LogP contribution in [0.15, 0.2) is 36.4 Å². The number of non-ortho nitro benzene ring substituents is 1. The summed E-state index contributed by atoms with van der Waals surface area (Å²) in [6, 6.07) is 9.72. The molecule has 2 aromatic carbocycles. The Morgan fingerprint density at radius 3 is 2.38 bits per heavy atom. The van der Waals surface area contributed by atoms with E-state index < -0.39 is 4.92 Å². The minimum atomic E-state index is -0.464. The van der Waals surface area contributed by atoms with Gasteiger partial charge in [-0.3, -0.25) is 14.9 Å². The molecule has 0 unspecified atom stereocenters. The maximum Gasteiger partial charge on any atom is 0.269 e. The highest BCUT2D eigenvalue weighted by atomic mass is 16.6. The molecule has 26 heavy (non-hydrogen) atoms. The molecule has 0 aliphatic heterocycles. The lowest BCUT2D eigenvalue weighted by Gasteiger charge is -2.13. The van der Waals surface area contributed by atoms with Gasteiger partial charge < -0.3 is 14.8 Å². The van der Waals surface area contributed by atoms with Crippen molar-refractivity contribution in [1.29, 1.82) is 0 Å². The maximum absolute atomic E-state index is 12.3. The van der Waals surface area contributed by atoms with E-state index in [0.717, 1.165) is 5.56 Å². The minimum Gasteiger partial charge on any atom is -0.490 e. The Hall–Kier alpha value is -3.09. The van der Waals surface area contributed by atoms with Crippen LogP contribution >= 0.6 is 0 Å². The monoisotopic (exact) mass is 358 g/mol. The number of hydrogen-bond acceptors (Lipinski definition) is 5. The standard InChI is InChI=1S/C19H22N2O5/c1-4-25-17-9-6-14(11-18(17)26-5-2)12-19(22)20-16-8-7-15(21(23)24)10-13(16)3/h6-11H,4-5,12H2,1-3H3,(H,20,22). The summed E-state index contributed by atoms with van der Waals surface area (Å²) in [4.78, 5) is 22.6. The molecule has 1 N–H and O–H groups in total. The summed E-state index contributed by atoms with van der Waals surface area (Å²) in [7, 11) is 0. The van der Waals surface area contributed by atoms with Gasteiger partial charge in [0.1, 0.15) is 0 Å². The average Bonchev–Trinajstić information content (AvgIpc) is 2.59. The van der Waals surface area contributed by atoms with Crippen molar-refractivity contribution in [1.82, 2.24) is 0 Å². The molecule has 0 atom stereocenters. The minimum absolute atomic E-state index is 0.00614. The molecule has 0 heterocycles. The van der Waals surface area contributed by atoms with Crippen LogP contribution in [0.1, 0.15) is 25.0 Å². The van der Waals surface area contributed by atoms with Gasteiger partial charge in [0.25, 0.3) is 5.69 Å². The second-order valence-electron chi connectivity index (χ2n) is 5.63. The van der Waals surface area contributed by atoms with Crippen LogP contribution in [0, 0.1) is 17.0 Å². The Balaban J connectivity index is 2.10. The van der Waals surface area contributed by atoms with E-state index in [0.29, 0.717) is 36.0 Å². The van der Waals surface area contributed by atoms with Gasteiger partial charge in [0, 0.05) is 17.8 Å². The molecule has 0 bridgehead atoms. The quantitative estimate of drug-likeness (QED) is 0.571. The van der Waals surface area contributed by atoms with Crippen molar-refractivity contribution in [2.45, 2.75) is 27.2 Å². The fraction of sp³-hybridized carbons (Fsp3) is 0.316. The molecule has 1 amide bonds. The van der Waals surface area contributed by atoms with E-state index in [1.807, 2.05) is 19.9 Å².